The summed E-state index contributed by atoms with van der Waals surface area (Å²) >= 11 is 11.7. The second-order valence-corrected chi connectivity index (χ2v) is 5.91. The SMILES string of the molecule is COCCCN(CCNC(=O)COc1ccc(Cl)cc1Cl)C(C)=O. The summed E-state index contributed by atoms with van der Waals surface area (Å²) < 4.78 is 10.3. The van der Waals surface area contributed by atoms with Crippen LogP contribution in [0.2, 0.25) is 10.0 Å². The minimum absolute atomic E-state index is 0.0375. The Morgan fingerprint density at radius 3 is 2.62 bits per heavy atom. The van der Waals surface area contributed by atoms with Crippen molar-refractivity contribution in [3.8, 4) is 5.75 Å². The van der Waals surface area contributed by atoms with Gasteiger partial charge in [0.1, 0.15) is 5.75 Å². The van der Waals surface area contributed by atoms with Crippen LogP contribution in [0.1, 0.15) is 13.3 Å². The van der Waals surface area contributed by atoms with Crippen LogP contribution in [0.4, 0.5) is 0 Å². The number of ether oxygens (including phenoxy) is 2. The van der Waals surface area contributed by atoms with Crippen molar-refractivity contribution in [2.24, 2.45) is 0 Å². The lowest BCUT2D eigenvalue weighted by atomic mass is 10.3. The van der Waals surface area contributed by atoms with E-state index in [1.54, 1.807) is 30.2 Å². The van der Waals surface area contributed by atoms with Crippen LogP contribution < -0.4 is 10.1 Å². The highest BCUT2D eigenvalue weighted by Gasteiger charge is 2.10. The molecule has 0 atom stereocenters. The van der Waals surface area contributed by atoms with Gasteiger partial charge in [0.2, 0.25) is 5.91 Å². The highest BCUT2D eigenvalue weighted by molar-refractivity contribution is 6.35. The van der Waals surface area contributed by atoms with Gasteiger partial charge in [-0.05, 0) is 24.6 Å². The van der Waals surface area contributed by atoms with E-state index in [0.29, 0.717) is 42.0 Å². The Morgan fingerprint density at radius 2 is 2.00 bits per heavy atom. The molecule has 0 aliphatic heterocycles. The lowest BCUT2D eigenvalue weighted by Gasteiger charge is -2.21. The number of hydrogen-bond acceptors (Lipinski definition) is 4. The molecule has 1 aromatic carbocycles. The van der Waals surface area contributed by atoms with E-state index in [9.17, 15) is 9.59 Å². The van der Waals surface area contributed by atoms with Crippen molar-refractivity contribution in [1.82, 2.24) is 10.2 Å². The van der Waals surface area contributed by atoms with E-state index >= 15 is 0 Å². The molecule has 0 spiro atoms. The van der Waals surface area contributed by atoms with Gasteiger partial charge < -0.3 is 19.7 Å². The molecule has 0 saturated carbocycles. The average Bonchev–Trinajstić information content (AvgIpc) is 2.52. The first-order chi connectivity index (χ1) is 11.4. The van der Waals surface area contributed by atoms with Crippen molar-refractivity contribution in [2.75, 3.05) is 40.0 Å². The predicted molar refractivity (Wildman–Crippen MR) is 93.7 cm³/mol. The average molecular weight is 377 g/mol. The number of nitrogens with zero attached hydrogens (tertiary/aromatic N) is 1. The van der Waals surface area contributed by atoms with Gasteiger partial charge in [-0.3, -0.25) is 9.59 Å². The number of carbonyl (C=O) groups is 2. The molecule has 134 valence electrons. The largest absolute Gasteiger partial charge is 0.482 e. The maximum atomic E-state index is 11.8. The Balaban J connectivity index is 2.30. The third kappa shape index (κ3) is 7.86. The van der Waals surface area contributed by atoms with E-state index in [2.05, 4.69) is 5.32 Å². The number of amides is 2. The van der Waals surface area contributed by atoms with Crippen molar-refractivity contribution in [3.05, 3.63) is 28.2 Å². The molecule has 0 fully saturated rings. The van der Waals surface area contributed by atoms with Gasteiger partial charge in [-0.2, -0.15) is 0 Å². The summed E-state index contributed by atoms with van der Waals surface area (Å²) in [6.07, 6.45) is 0.752. The molecule has 0 saturated heterocycles. The Labute approximate surface area is 152 Å². The van der Waals surface area contributed by atoms with Crippen molar-refractivity contribution < 1.29 is 19.1 Å². The Kier molecular flexibility index (Phi) is 9.52. The number of halogens is 2. The summed E-state index contributed by atoms with van der Waals surface area (Å²) in [4.78, 5) is 25.0. The molecular weight excluding hydrogens is 355 g/mol. The smallest absolute Gasteiger partial charge is 0.258 e. The lowest BCUT2D eigenvalue weighted by molar-refractivity contribution is -0.129. The highest BCUT2D eigenvalue weighted by Crippen LogP contribution is 2.27. The third-order valence-electron chi connectivity index (χ3n) is 3.18. The molecule has 1 rings (SSSR count). The van der Waals surface area contributed by atoms with E-state index in [4.69, 9.17) is 32.7 Å². The molecule has 1 N–H and O–H groups in total. The molecule has 8 heteroatoms. The first kappa shape index (κ1) is 20.5. The lowest BCUT2D eigenvalue weighted by Crippen LogP contribution is -2.39. The van der Waals surface area contributed by atoms with Crippen LogP contribution in [0.25, 0.3) is 0 Å². The summed E-state index contributed by atoms with van der Waals surface area (Å²) in [6, 6.07) is 4.78. The zero-order valence-electron chi connectivity index (χ0n) is 13.8. The van der Waals surface area contributed by atoms with Gasteiger partial charge in [0, 0.05) is 45.3 Å². The van der Waals surface area contributed by atoms with Crippen molar-refractivity contribution >= 4 is 35.0 Å². The van der Waals surface area contributed by atoms with Crippen LogP contribution >= 0.6 is 23.2 Å². The van der Waals surface area contributed by atoms with Gasteiger partial charge >= 0.3 is 0 Å². The molecule has 24 heavy (non-hydrogen) atoms. The van der Waals surface area contributed by atoms with E-state index in [1.165, 1.54) is 6.92 Å². The molecular formula is C16H22Cl2N2O4. The predicted octanol–water partition coefficient (Wildman–Crippen LogP) is 2.37. The number of methoxy groups -OCH3 is 1. The molecule has 0 aromatic heterocycles. The van der Waals surface area contributed by atoms with Crippen molar-refractivity contribution in [1.29, 1.82) is 0 Å². The van der Waals surface area contributed by atoms with Gasteiger partial charge in [-0.25, -0.2) is 0 Å². The minimum Gasteiger partial charge on any atom is -0.482 e. The summed E-state index contributed by atoms with van der Waals surface area (Å²) in [7, 11) is 1.62. The Bertz CT molecular complexity index is 555. The maximum Gasteiger partial charge on any atom is 0.258 e. The summed E-state index contributed by atoms with van der Waals surface area (Å²) in [5, 5.41) is 3.54. The fourth-order valence-electron chi connectivity index (χ4n) is 1.94. The number of hydrogen-bond donors (Lipinski definition) is 1. The first-order valence-corrected chi connectivity index (χ1v) is 8.28. The van der Waals surface area contributed by atoms with E-state index < -0.39 is 0 Å². The normalized spacial score (nSPS) is 10.3. The Hall–Kier alpha value is -1.50. The van der Waals surface area contributed by atoms with Crippen LogP contribution in [0.3, 0.4) is 0 Å². The monoisotopic (exact) mass is 376 g/mol. The quantitative estimate of drug-likeness (QED) is 0.636. The number of carbonyl (C=O) groups excluding carboxylic acids is 2. The standard InChI is InChI=1S/C16H22Cl2N2O4/c1-12(21)20(7-3-9-23-2)8-6-19-16(22)11-24-15-5-4-13(17)10-14(15)18/h4-5,10H,3,6-9,11H2,1-2H3,(H,19,22). The topological polar surface area (TPSA) is 67.9 Å². The fourth-order valence-corrected chi connectivity index (χ4v) is 2.41. The maximum absolute atomic E-state index is 11.8. The van der Waals surface area contributed by atoms with E-state index in [1.807, 2.05) is 0 Å². The summed E-state index contributed by atoms with van der Waals surface area (Å²) in [5.41, 5.74) is 0. The van der Waals surface area contributed by atoms with Gasteiger partial charge in [-0.15, -0.1) is 0 Å². The number of benzene rings is 1. The number of rotatable bonds is 10. The molecule has 0 aliphatic carbocycles. The second kappa shape index (κ2) is 11.1. The molecule has 0 bridgehead atoms. The van der Waals surface area contributed by atoms with Gasteiger partial charge in [0.25, 0.3) is 5.91 Å². The zero-order chi connectivity index (χ0) is 17.9. The molecule has 0 radical (unpaired) electrons. The molecule has 0 heterocycles. The Morgan fingerprint density at radius 1 is 1.25 bits per heavy atom. The van der Waals surface area contributed by atoms with Crippen LogP contribution in [0.5, 0.6) is 5.75 Å². The molecule has 6 nitrogen and oxygen atoms in total. The first-order valence-electron chi connectivity index (χ1n) is 7.53. The van der Waals surface area contributed by atoms with Crippen LogP contribution in [0.15, 0.2) is 18.2 Å². The number of nitrogens with one attached hydrogen (secondary N) is 1. The van der Waals surface area contributed by atoms with Gasteiger partial charge in [0.05, 0.1) is 5.02 Å². The van der Waals surface area contributed by atoms with Crippen LogP contribution in [0, 0.1) is 0 Å². The minimum atomic E-state index is -0.290. The molecule has 1 aromatic rings. The summed E-state index contributed by atoms with van der Waals surface area (Å²) in [6.45, 7) is 3.31. The fraction of sp³-hybridized carbons (Fsp3) is 0.500. The van der Waals surface area contributed by atoms with Crippen molar-refractivity contribution in [3.63, 3.8) is 0 Å². The van der Waals surface area contributed by atoms with Crippen LogP contribution in [-0.2, 0) is 14.3 Å². The third-order valence-corrected chi connectivity index (χ3v) is 3.71. The highest BCUT2D eigenvalue weighted by atomic mass is 35.5. The molecule has 0 aliphatic rings. The van der Waals surface area contributed by atoms with Crippen molar-refractivity contribution in [2.45, 2.75) is 13.3 Å². The van der Waals surface area contributed by atoms with Gasteiger partial charge in [0.15, 0.2) is 6.61 Å². The molecule has 2 amide bonds. The van der Waals surface area contributed by atoms with Crippen LogP contribution in [-0.4, -0.2) is 56.7 Å². The molecule has 0 unspecified atom stereocenters. The van der Waals surface area contributed by atoms with Gasteiger partial charge in [-0.1, -0.05) is 23.2 Å². The van der Waals surface area contributed by atoms with E-state index in [0.717, 1.165) is 6.42 Å². The van der Waals surface area contributed by atoms with E-state index in [-0.39, 0.29) is 18.4 Å². The summed E-state index contributed by atoms with van der Waals surface area (Å²) in [5.74, 6) is 0.0621. The zero-order valence-corrected chi connectivity index (χ0v) is 15.3. The second-order valence-electron chi connectivity index (χ2n) is 5.07.